The highest BCUT2D eigenvalue weighted by molar-refractivity contribution is 9.10. The van der Waals surface area contributed by atoms with Crippen LogP contribution in [0.5, 0.6) is 0 Å². The van der Waals surface area contributed by atoms with E-state index in [-0.39, 0.29) is 0 Å². The van der Waals surface area contributed by atoms with Gasteiger partial charge in [-0.15, -0.1) is 0 Å². The van der Waals surface area contributed by atoms with Crippen LogP contribution >= 0.6 is 15.9 Å². The second-order valence-corrected chi connectivity index (χ2v) is 7.78. The van der Waals surface area contributed by atoms with Gasteiger partial charge in [-0.1, -0.05) is 93.9 Å². The third kappa shape index (κ3) is 3.30. The summed E-state index contributed by atoms with van der Waals surface area (Å²) in [4.78, 5) is 0. The van der Waals surface area contributed by atoms with Gasteiger partial charge in [-0.3, -0.25) is 0 Å². The van der Waals surface area contributed by atoms with Gasteiger partial charge >= 0.3 is 0 Å². The Morgan fingerprint density at radius 2 is 1.27 bits per heavy atom. The monoisotopic (exact) mass is 358 g/mol. The van der Waals surface area contributed by atoms with Gasteiger partial charge in [0.05, 0.1) is 0 Å². The van der Waals surface area contributed by atoms with E-state index in [1.54, 1.807) is 0 Å². The second kappa shape index (κ2) is 7.00. The number of hydrogen-bond acceptors (Lipinski definition) is 0. The number of benzene rings is 2. The highest BCUT2D eigenvalue weighted by atomic mass is 79.9. The highest BCUT2D eigenvalue weighted by Crippen LogP contribution is 2.43. The van der Waals surface area contributed by atoms with E-state index in [0.717, 1.165) is 0 Å². The smallest absolute Gasteiger partial charge is 0.0250 e. The van der Waals surface area contributed by atoms with Crippen molar-refractivity contribution in [1.29, 1.82) is 0 Å². The minimum absolute atomic E-state index is 0.487. The van der Waals surface area contributed by atoms with Crippen LogP contribution in [0.1, 0.15) is 76.0 Å². The molecule has 2 aromatic rings. The molecule has 0 aliphatic rings. The molecule has 0 heterocycles. The second-order valence-electron chi connectivity index (χ2n) is 6.99. The van der Waals surface area contributed by atoms with E-state index in [9.17, 15) is 0 Å². The van der Waals surface area contributed by atoms with Crippen LogP contribution in [0.4, 0.5) is 0 Å². The van der Waals surface area contributed by atoms with Crippen LogP contribution in [0.3, 0.4) is 0 Å². The van der Waals surface area contributed by atoms with Crippen molar-refractivity contribution in [2.75, 3.05) is 0 Å². The quantitative estimate of drug-likeness (QED) is 0.530. The summed E-state index contributed by atoms with van der Waals surface area (Å²) in [5.41, 5.74) is 7.07. The lowest BCUT2D eigenvalue weighted by molar-refractivity contribution is 0.800. The maximum absolute atomic E-state index is 3.91. The molecule has 0 atom stereocenters. The molecule has 0 aromatic heterocycles. The van der Waals surface area contributed by atoms with Gasteiger partial charge in [0.2, 0.25) is 0 Å². The molecule has 0 nitrogen and oxygen atoms in total. The first-order valence-corrected chi connectivity index (χ1v) is 9.05. The van der Waals surface area contributed by atoms with Crippen molar-refractivity contribution in [1.82, 2.24) is 0 Å². The average molecular weight is 359 g/mol. The van der Waals surface area contributed by atoms with Crippen LogP contribution in [0.15, 0.2) is 40.9 Å². The minimum atomic E-state index is 0.487. The Morgan fingerprint density at radius 1 is 0.727 bits per heavy atom. The van der Waals surface area contributed by atoms with Gasteiger partial charge < -0.3 is 0 Å². The molecule has 22 heavy (non-hydrogen) atoms. The standard InChI is InChI=1S/C21H27Br/c1-13(2)17-12-18(14(3)4)21(22)19(15(5)6)20(17)16-10-8-7-9-11-16/h7-15H,1-6H3. The summed E-state index contributed by atoms with van der Waals surface area (Å²) < 4.78 is 1.29. The molecular weight excluding hydrogens is 332 g/mol. The molecule has 0 bridgehead atoms. The summed E-state index contributed by atoms with van der Waals surface area (Å²) in [5.74, 6) is 1.52. The van der Waals surface area contributed by atoms with E-state index in [2.05, 4.69) is 93.9 Å². The number of hydrogen-bond donors (Lipinski definition) is 0. The molecule has 0 unspecified atom stereocenters. The normalized spacial score (nSPS) is 11.7. The Balaban J connectivity index is 2.88. The van der Waals surface area contributed by atoms with Crippen LogP contribution < -0.4 is 0 Å². The zero-order valence-corrected chi connectivity index (χ0v) is 16.2. The van der Waals surface area contributed by atoms with Crippen molar-refractivity contribution >= 4 is 15.9 Å². The highest BCUT2D eigenvalue weighted by Gasteiger charge is 2.22. The Labute approximate surface area is 144 Å². The maximum atomic E-state index is 3.91. The third-order valence-electron chi connectivity index (χ3n) is 4.24. The lowest BCUT2D eigenvalue weighted by atomic mass is 9.82. The van der Waals surface area contributed by atoms with E-state index < -0.39 is 0 Å². The first-order chi connectivity index (χ1) is 10.3. The summed E-state index contributed by atoms with van der Waals surface area (Å²) in [6.07, 6.45) is 0. The molecule has 0 saturated carbocycles. The fourth-order valence-electron chi connectivity index (χ4n) is 3.07. The maximum Gasteiger partial charge on any atom is 0.0250 e. The summed E-state index contributed by atoms with van der Waals surface area (Å²) in [5, 5.41) is 0. The van der Waals surface area contributed by atoms with Crippen molar-refractivity contribution in [3.8, 4) is 11.1 Å². The van der Waals surface area contributed by atoms with Crippen molar-refractivity contribution in [2.24, 2.45) is 0 Å². The van der Waals surface area contributed by atoms with Crippen LogP contribution in [0.25, 0.3) is 11.1 Å². The summed E-state index contributed by atoms with van der Waals surface area (Å²) in [6, 6.07) is 13.2. The molecular formula is C21H27Br. The number of halogens is 1. The van der Waals surface area contributed by atoms with Gasteiger partial charge in [-0.05, 0) is 45.6 Å². The minimum Gasteiger partial charge on any atom is -0.0622 e. The summed E-state index contributed by atoms with van der Waals surface area (Å²) >= 11 is 3.91. The van der Waals surface area contributed by atoms with Crippen LogP contribution in [-0.2, 0) is 0 Å². The average Bonchev–Trinajstić information content (AvgIpc) is 2.46. The molecule has 0 fully saturated rings. The topological polar surface area (TPSA) is 0 Å². The first-order valence-electron chi connectivity index (χ1n) is 8.26. The Kier molecular flexibility index (Phi) is 5.50. The SMILES string of the molecule is CC(C)c1cc(C(C)C)c(-c2ccccc2)c(C(C)C)c1Br. The third-order valence-corrected chi connectivity index (χ3v) is 5.13. The van der Waals surface area contributed by atoms with Crippen molar-refractivity contribution in [3.05, 3.63) is 57.6 Å². The lowest BCUT2D eigenvalue weighted by Crippen LogP contribution is -2.05. The predicted octanol–water partition coefficient (Wildman–Crippen LogP) is 7.49. The Bertz CT molecular complexity index is 637. The van der Waals surface area contributed by atoms with Gasteiger partial charge in [-0.2, -0.15) is 0 Å². The van der Waals surface area contributed by atoms with Crippen molar-refractivity contribution < 1.29 is 0 Å². The molecule has 0 aliphatic carbocycles. The molecule has 2 rings (SSSR count). The lowest BCUT2D eigenvalue weighted by Gasteiger charge is -2.25. The first kappa shape index (κ1) is 17.3. The van der Waals surface area contributed by atoms with Crippen LogP contribution in [0, 0.1) is 0 Å². The Morgan fingerprint density at radius 3 is 1.73 bits per heavy atom. The van der Waals surface area contributed by atoms with E-state index in [4.69, 9.17) is 0 Å². The fourth-order valence-corrected chi connectivity index (χ4v) is 4.30. The van der Waals surface area contributed by atoms with Gasteiger partial charge in [0.1, 0.15) is 0 Å². The molecule has 2 aromatic carbocycles. The van der Waals surface area contributed by atoms with Gasteiger partial charge in [0, 0.05) is 4.47 Å². The predicted molar refractivity (Wildman–Crippen MR) is 102 cm³/mol. The molecule has 0 spiro atoms. The van der Waals surface area contributed by atoms with Crippen LogP contribution in [-0.4, -0.2) is 0 Å². The zero-order valence-electron chi connectivity index (χ0n) is 14.6. The molecule has 1 heteroatoms. The van der Waals surface area contributed by atoms with Crippen LogP contribution in [0.2, 0.25) is 0 Å². The largest absolute Gasteiger partial charge is 0.0622 e. The van der Waals surface area contributed by atoms with E-state index in [1.807, 2.05) is 0 Å². The van der Waals surface area contributed by atoms with E-state index in [0.29, 0.717) is 17.8 Å². The fraction of sp³-hybridized carbons (Fsp3) is 0.429. The summed E-state index contributed by atoms with van der Waals surface area (Å²) in [7, 11) is 0. The molecule has 118 valence electrons. The van der Waals surface area contributed by atoms with Gasteiger partial charge in [0.15, 0.2) is 0 Å². The summed E-state index contributed by atoms with van der Waals surface area (Å²) in [6.45, 7) is 13.7. The molecule has 0 N–H and O–H groups in total. The van der Waals surface area contributed by atoms with Crippen molar-refractivity contribution in [3.63, 3.8) is 0 Å². The zero-order chi connectivity index (χ0) is 16.4. The van der Waals surface area contributed by atoms with E-state index >= 15 is 0 Å². The molecule has 0 radical (unpaired) electrons. The number of rotatable bonds is 4. The van der Waals surface area contributed by atoms with Gasteiger partial charge in [-0.25, -0.2) is 0 Å². The molecule has 0 aliphatic heterocycles. The molecule has 0 amide bonds. The van der Waals surface area contributed by atoms with E-state index in [1.165, 1.54) is 32.3 Å². The van der Waals surface area contributed by atoms with Crippen molar-refractivity contribution in [2.45, 2.75) is 59.3 Å². The molecule has 0 saturated heterocycles. The van der Waals surface area contributed by atoms with Gasteiger partial charge in [0.25, 0.3) is 0 Å². The Hall–Kier alpha value is -1.08.